The Kier molecular flexibility index (Phi) is 4.02. The molecule has 0 spiro atoms. The van der Waals surface area contributed by atoms with Gasteiger partial charge in [-0.15, -0.1) is 11.8 Å². The first-order valence-electron chi connectivity index (χ1n) is 5.51. The number of carboxylic acids is 1. The maximum atomic E-state index is 11.7. The Hall–Kier alpha value is -1.25. The molecule has 8 heteroatoms. The van der Waals surface area contributed by atoms with E-state index in [1.165, 1.54) is 17.8 Å². The molecule has 1 aromatic rings. The Morgan fingerprint density at radius 1 is 1.53 bits per heavy atom. The summed E-state index contributed by atoms with van der Waals surface area (Å²) in [6.07, 6.45) is -1.56. The Labute approximate surface area is 114 Å². The van der Waals surface area contributed by atoms with Gasteiger partial charge in [-0.25, -0.2) is 13.2 Å². The zero-order valence-electron chi connectivity index (χ0n) is 9.81. The van der Waals surface area contributed by atoms with E-state index in [0.717, 1.165) is 0 Å². The monoisotopic (exact) mass is 303 g/mol. The zero-order chi connectivity index (χ0) is 14.0. The second-order valence-electron chi connectivity index (χ2n) is 4.17. The van der Waals surface area contributed by atoms with Crippen molar-refractivity contribution >= 4 is 33.4 Å². The SMILES string of the molecule is O=C(O)C(O)Cc1cccc(NS(=O)(=O)C2CS2)c1. The molecule has 1 aliphatic rings. The number of hydrogen-bond donors (Lipinski definition) is 3. The van der Waals surface area contributed by atoms with Crippen LogP contribution in [-0.2, 0) is 21.2 Å². The maximum absolute atomic E-state index is 11.7. The fourth-order valence-corrected chi connectivity index (χ4v) is 4.00. The molecule has 2 atom stereocenters. The van der Waals surface area contributed by atoms with Crippen LogP contribution in [0.3, 0.4) is 0 Å². The summed E-state index contributed by atoms with van der Waals surface area (Å²) in [6.45, 7) is 0. The molecule has 1 fully saturated rings. The largest absolute Gasteiger partial charge is 0.479 e. The number of sulfonamides is 1. The molecule has 2 unspecified atom stereocenters. The Morgan fingerprint density at radius 2 is 2.21 bits per heavy atom. The summed E-state index contributed by atoms with van der Waals surface area (Å²) >= 11 is 1.35. The number of aliphatic carboxylic acids is 1. The Bertz CT molecular complexity index is 583. The van der Waals surface area contributed by atoms with E-state index in [-0.39, 0.29) is 6.42 Å². The smallest absolute Gasteiger partial charge is 0.332 e. The predicted molar refractivity (Wildman–Crippen MR) is 72.6 cm³/mol. The number of anilines is 1. The topological polar surface area (TPSA) is 104 Å². The second kappa shape index (κ2) is 5.40. The first-order valence-corrected chi connectivity index (χ1v) is 8.11. The number of carbonyl (C=O) groups is 1. The van der Waals surface area contributed by atoms with Gasteiger partial charge in [-0.05, 0) is 17.7 Å². The van der Waals surface area contributed by atoms with Gasteiger partial charge in [0, 0.05) is 17.9 Å². The van der Waals surface area contributed by atoms with E-state index in [4.69, 9.17) is 5.11 Å². The maximum Gasteiger partial charge on any atom is 0.332 e. The number of nitrogens with one attached hydrogen (secondary N) is 1. The van der Waals surface area contributed by atoms with Gasteiger partial charge in [0.15, 0.2) is 6.10 Å². The third-order valence-electron chi connectivity index (χ3n) is 2.55. The van der Waals surface area contributed by atoms with E-state index >= 15 is 0 Å². The number of benzene rings is 1. The van der Waals surface area contributed by atoms with E-state index in [0.29, 0.717) is 17.0 Å². The van der Waals surface area contributed by atoms with Crippen LogP contribution in [0.1, 0.15) is 5.56 Å². The molecule has 1 aromatic carbocycles. The van der Waals surface area contributed by atoms with Crippen LogP contribution < -0.4 is 4.72 Å². The highest BCUT2D eigenvalue weighted by atomic mass is 32.3. The summed E-state index contributed by atoms with van der Waals surface area (Å²) in [5, 5.41) is 17.9. The van der Waals surface area contributed by atoms with Gasteiger partial charge in [0.1, 0.15) is 4.58 Å². The lowest BCUT2D eigenvalue weighted by Gasteiger charge is -2.09. The molecule has 3 N–H and O–H groups in total. The van der Waals surface area contributed by atoms with Crippen LogP contribution in [0.15, 0.2) is 24.3 Å². The fraction of sp³-hybridized carbons (Fsp3) is 0.364. The molecule has 0 amide bonds. The molecule has 104 valence electrons. The van der Waals surface area contributed by atoms with Crippen molar-refractivity contribution in [2.45, 2.75) is 17.1 Å². The first kappa shape index (κ1) is 14.2. The summed E-state index contributed by atoms with van der Waals surface area (Å²) in [7, 11) is -3.37. The molecular formula is C11H13NO5S2. The number of carboxylic acid groups (broad SMARTS) is 1. The molecule has 19 heavy (non-hydrogen) atoms. The highest BCUT2D eigenvalue weighted by Gasteiger charge is 2.36. The minimum atomic E-state index is -3.37. The van der Waals surface area contributed by atoms with E-state index in [1.807, 2.05) is 0 Å². The third-order valence-corrected chi connectivity index (χ3v) is 5.94. The molecule has 0 radical (unpaired) electrons. The zero-order valence-corrected chi connectivity index (χ0v) is 11.4. The first-order chi connectivity index (χ1) is 8.88. The summed E-state index contributed by atoms with van der Waals surface area (Å²) in [6, 6.07) is 6.36. The van der Waals surface area contributed by atoms with Crippen molar-refractivity contribution in [3.05, 3.63) is 29.8 Å². The van der Waals surface area contributed by atoms with Gasteiger partial charge in [0.25, 0.3) is 0 Å². The van der Waals surface area contributed by atoms with Gasteiger partial charge in [0.2, 0.25) is 10.0 Å². The summed E-state index contributed by atoms with van der Waals surface area (Å²) in [5.74, 6) is -0.715. The lowest BCUT2D eigenvalue weighted by Crippen LogP contribution is -2.22. The van der Waals surface area contributed by atoms with Gasteiger partial charge in [-0.1, -0.05) is 12.1 Å². The Balaban J connectivity index is 2.08. The van der Waals surface area contributed by atoms with Gasteiger partial charge in [-0.2, -0.15) is 0 Å². The minimum Gasteiger partial charge on any atom is -0.479 e. The normalized spacial score (nSPS) is 19.7. The molecule has 0 bridgehead atoms. The number of thioether (sulfide) groups is 1. The lowest BCUT2D eigenvalue weighted by molar-refractivity contribution is -0.146. The van der Waals surface area contributed by atoms with Crippen LogP contribution >= 0.6 is 11.8 Å². The van der Waals surface area contributed by atoms with E-state index in [1.54, 1.807) is 18.2 Å². The fourth-order valence-electron chi connectivity index (χ4n) is 1.52. The molecule has 1 heterocycles. The Morgan fingerprint density at radius 3 is 2.79 bits per heavy atom. The van der Waals surface area contributed by atoms with Crippen LogP contribution in [0.4, 0.5) is 5.69 Å². The van der Waals surface area contributed by atoms with E-state index in [9.17, 15) is 18.3 Å². The molecule has 1 saturated heterocycles. The highest BCUT2D eigenvalue weighted by Crippen LogP contribution is 2.35. The van der Waals surface area contributed by atoms with Crippen LogP contribution in [0.25, 0.3) is 0 Å². The molecule has 6 nitrogen and oxygen atoms in total. The van der Waals surface area contributed by atoms with Crippen molar-refractivity contribution in [1.82, 2.24) is 0 Å². The lowest BCUT2D eigenvalue weighted by atomic mass is 10.1. The van der Waals surface area contributed by atoms with Crippen LogP contribution in [0, 0.1) is 0 Å². The molecule has 0 saturated carbocycles. The number of aliphatic hydroxyl groups is 1. The summed E-state index contributed by atoms with van der Waals surface area (Å²) in [4.78, 5) is 10.6. The van der Waals surface area contributed by atoms with E-state index < -0.39 is 26.7 Å². The molecule has 0 aromatic heterocycles. The van der Waals surface area contributed by atoms with Crippen LogP contribution in [0.2, 0.25) is 0 Å². The molecule has 0 aliphatic carbocycles. The minimum absolute atomic E-state index is 0.0664. The molecule has 1 aliphatic heterocycles. The second-order valence-corrected chi connectivity index (χ2v) is 7.57. The van der Waals surface area contributed by atoms with Gasteiger partial charge < -0.3 is 10.2 Å². The van der Waals surface area contributed by atoms with Gasteiger partial charge in [-0.3, -0.25) is 4.72 Å². The van der Waals surface area contributed by atoms with Crippen molar-refractivity contribution < 1.29 is 23.4 Å². The predicted octanol–water partition coefficient (Wildman–Crippen LogP) is 0.489. The molecule has 2 rings (SSSR count). The average molecular weight is 303 g/mol. The van der Waals surface area contributed by atoms with Crippen LogP contribution in [-0.4, -0.2) is 41.0 Å². The van der Waals surface area contributed by atoms with Crippen molar-refractivity contribution in [3.63, 3.8) is 0 Å². The number of rotatable bonds is 6. The summed E-state index contributed by atoms with van der Waals surface area (Å²) < 4.78 is 25.5. The quantitative estimate of drug-likeness (QED) is 0.661. The van der Waals surface area contributed by atoms with Gasteiger partial charge >= 0.3 is 5.97 Å². The number of aliphatic hydroxyl groups excluding tert-OH is 1. The van der Waals surface area contributed by atoms with Crippen LogP contribution in [0.5, 0.6) is 0 Å². The van der Waals surface area contributed by atoms with Crippen molar-refractivity contribution in [2.24, 2.45) is 0 Å². The highest BCUT2D eigenvalue weighted by molar-refractivity contribution is 8.20. The van der Waals surface area contributed by atoms with Gasteiger partial charge in [0.05, 0.1) is 0 Å². The molecular weight excluding hydrogens is 290 g/mol. The summed E-state index contributed by atoms with van der Waals surface area (Å²) in [5.41, 5.74) is 0.932. The van der Waals surface area contributed by atoms with Crippen molar-refractivity contribution in [1.29, 1.82) is 0 Å². The van der Waals surface area contributed by atoms with Crippen molar-refractivity contribution in [3.8, 4) is 0 Å². The average Bonchev–Trinajstić information content (AvgIpc) is 3.12. The third kappa shape index (κ3) is 3.85. The standard InChI is InChI=1S/C11H13NO5S2/c13-9(11(14)15)5-7-2-1-3-8(4-7)12-19(16,17)10-6-18-10/h1-4,9-10,12-13H,5-6H2,(H,14,15). The van der Waals surface area contributed by atoms with E-state index in [2.05, 4.69) is 4.72 Å². The number of hydrogen-bond acceptors (Lipinski definition) is 5. The van der Waals surface area contributed by atoms with Crippen molar-refractivity contribution in [2.75, 3.05) is 10.5 Å².